The maximum absolute atomic E-state index is 5.41. The molecule has 2 nitrogen and oxygen atoms in total. The number of nitrogens with one attached hydrogen (secondary N) is 1. The molecule has 1 aliphatic heterocycles. The third kappa shape index (κ3) is 4.44. The molecular weight excluding hydrogens is 162 g/mol. The Morgan fingerprint density at radius 2 is 2.38 bits per heavy atom. The first-order chi connectivity index (χ1) is 6.33. The normalized spacial score (nSPS) is 26.4. The Labute approximate surface area is 81.4 Å². The molecular formula is C11H21NO. The maximum Gasteiger partial charge on any atom is 0.0480 e. The highest BCUT2D eigenvalue weighted by atomic mass is 16.5. The molecule has 0 aromatic carbocycles. The summed E-state index contributed by atoms with van der Waals surface area (Å²) in [5, 5.41) is 3.61. The van der Waals surface area contributed by atoms with Crippen LogP contribution in [0, 0.1) is 0 Å². The van der Waals surface area contributed by atoms with Crippen LogP contribution in [-0.2, 0) is 4.74 Å². The molecule has 13 heavy (non-hydrogen) atoms. The maximum atomic E-state index is 5.41. The third-order valence-corrected chi connectivity index (χ3v) is 2.49. The number of hydrogen-bond donors (Lipinski definition) is 1. The van der Waals surface area contributed by atoms with Crippen molar-refractivity contribution >= 4 is 0 Å². The monoisotopic (exact) mass is 183 g/mol. The van der Waals surface area contributed by atoms with Gasteiger partial charge in [-0.25, -0.2) is 0 Å². The van der Waals surface area contributed by atoms with Crippen molar-refractivity contribution in [3.63, 3.8) is 0 Å². The van der Waals surface area contributed by atoms with Crippen LogP contribution >= 0.6 is 0 Å². The van der Waals surface area contributed by atoms with E-state index in [0.717, 1.165) is 26.1 Å². The van der Waals surface area contributed by atoms with Crippen LogP contribution in [0.4, 0.5) is 0 Å². The summed E-state index contributed by atoms with van der Waals surface area (Å²) in [4.78, 5) is 0. The van der Waals surface area contributed by atoms with E-state index in [4.69, 9.17) is 4.74 Å². The topological polar surface area (TPSA) is 21.3 Å². The van der Waals surface area contributed by atoms with Crippen molar-refractivity contribution in [1.29, 1.82) is 0 Å². The Hall–Kier alpha value is -0.340. The third-order valence-electron chi connectivity index (χ3n) is 2.49. The minimum Gasteiger partial charge on any atom is -0.381 e. The first kappa shape index (κ1) is 10.7. The minimum absolute atomic E-state index is 0.556. The van der Waals surface area contributed by atoms with Gasteiger partial charge in [-0.15, -0.1) is 6.58 Å². The number of ether oxygens (including phenoxy) is 1. The molecule has 0 saturated carbocycles. The quantitative estimate of drug-likeness (QED) is 0.674. The van der Waals surface area contributed by atoms with Crippen molar-refractivity contribution < 1.29 is 4.74 Å². The minimum atomic E-state index is 0.556. The molecule has 76 valence electrons. The summed E-state index contributed by atoms with van der Waals surface area (Å²) in [6.07, 6.45) is 6.63. The van der Waals surface area contributed by atoms with E-state index in [9.17, 15) is 0 Å². The highest BCUT2D eigenvalue weighted by Gasteiger charge is 2.13. The molecule has 0 aromatic heterocycles. The summed E-state index contributed by atoms with van der Waals surface area (Å²) in [6, 6.07) is 1.21. The van der Waals surface area contributed by atoms with Gasteiger partial charge in [-0.1, -0.05) is 6.08 Å². The average Bonchev–Trinajstić information content (AvgIpc) is 2.33. The molecule has 1 rings (SSSR count). The average molecular weight is 183 g/mol. The highest BCUT2D eigenvalue weighted by Crippen LogP contribution is 2.09. The lowest BCUT2D eigenvalue weighted by molar-refractivity contribution is 0.142. The van der Waals surface area contributed by atoms with Crippen LogP contribution in [0.25, 0.3) is 0 Å². The van der Waals surface area contributed by atoms with E-state index in [2.05, 4.69) is 18.8 Å². The second-order valence-electron chi connectivity index (χ2n) is 3.83. The van der Waals surface area contributed by atoms with Crippen LogP contribution in [0.3, 0.4) is 0 Å². The van der Waals surface area contributed by atoms with Crippen LogP contribution in [-0.4, -0.2) is 25.3 Å². The summed E-state index contributed by atoms with van der Waals surface area (Å²) in [7, 11) is 0. The number of rotatable bonds is 4. The van der Waals surface area contributed by atoms with Crippen LogP contribution in [0.2, 0.25) is 0 Å². The summed E-state index contributed by atoms with van der Waals surface area (Å²) < 4.78 is 5.41. The Morgan fingerprint density at radius 3 is 3.15 bits per heavy atom. The van der Waals surface area contributed by atoms with Gasteiger partial charge in [0.1, 0.15) is 0 Å². The predicted octanol–water partition coefficient (Wildman–Crippen LogP) is 2.11. The molecule has 2 heteroatoms. The molecule has 0 bridgehead atoms. The first-order valence-corrected chi connectivity index (χ1v) is 5.27. The second kappa shape index (κ2) is 6.17. The summed E-state index contributed by atoms with van der Waals surface area (Å²) in [6.45, 7) is 7.82. The fourth-order valence-electron chi connectivity index (χ4n) is 1.79. The van der Waals surface area contributed by atoms with E-state index in [1.54, 1.807) is 0 Å². The molecule has 1 fully saturated rings. The van der Waals surface area contributed by atoms with Gasteiger partial charge in [0.05, 0.1) is 0 Å². The van der Waals surface area contributed by atoms with Gasteiger partial charge in [0.15, 0.2) is 0 Å². The SMILES string of the molecule is C=CCC(C)NC1CCCOCC1. The molecule has 1 saturated heterocycles. The van der Waals surface area contributed by atoms with Gasteiger partial charge < -0.3 is 10.1 Å². The molecule has 0 aliphatic carbocycles. The standard InChI is InChI=1S/C11H21NO/c1-3-5-10(2)12-11-6-4-8-13-9-7-11/h3,10-12H,1,4-9H2,2H3. The predicted molar refractivity (Wildman–Crippen MR) is 55.9 cm³/mol. The molecule has 1 aliphatic rings. The van der Waals surface area contributed by atoms with E-state index >= 15 is 0 Å². The lowest BCUT2D eigenvalue weighted by Gasteiger charge is -2.20. The molecule has 2 atom stereocenters. The zero-order chi connectivity index (χ0) is 9.52. The Balaban J connectivity index is 2.20. The summed E-state index contributed by atoms with van der Waals surface area (Å²) in [5.74, 6) is 0. The van der Waals surface area contributed by atoms with Crippen molar-refractivity contribution in [2.45, 2.75) is 44.7 Å². The fraction of sp³-hybridized carbons (Fsp3) is 0.818. The first-order valence-electron chi connectivity index (χ1n) is 5.27. The van der Waals surface area contributed by atoms with Crippen LogP contribution in [0.1, 0.15) is 32.6 Å². The van der Waals surface area contributed by atoms with E-state index < -0.39 is 0 Å². The lowest BCUT2D eigenvalue weighted by Crippen LogP contribution is -2.36. The van der Waals surface area contributed by atoms with Crippen LogP contribution in [0.5, 0.6) is 0 Å². The zero-order valence-corrected chi connectivity index (χ0v) is 8.59. The molecule has 1 N–H and O–H groups in total. The zero-order valence-electron chi connectivity index (χ0n) is 8.59. The van der Waals surface area contributed by atoms with Gasteiger partial charge in [-0.2, -0.15) is 0 Å². The van der Waals surface area contributed by atoms with E-state index in [-0.39, 0.29) is 0 Å². The van der Waals surface area contributed by atoms with Gasteiger partial charge in [-0.3, -0.25) is 0 Å². The Morgan fingerprint density at radius 1 is 1.54 bits per heavy atom. The lowest BCUT2D eigenvalue weighted by atomic mass is 10.1. The molecule has 0 spiro atoms. The van der Waals surface area contributed by atoms with Crippen molar-refractivity contribution in [1.82, 2.24) is 5.32 Å². The molecule has 2 unspecified atom stereocenters. The van der Waals surface area contributed by atoms with Gasteiger partial charge in [0.25, 0.3) is 0 Å². The number of hydrogen-bond acceptors (Lipinski definition) is 2. The smallest absolute Gasteiger partial charge is 0.0480 e. The largest absolute Gasteiger partial charge is 0.381 e. The van der Waals surface area contributed by atoms with E-state index in [1.807, 2.05) is 6.08 Å². The Bertz CT molecular complexity index is 139. The van der Waals surface area contributed by atoms with Crippen molar-refractivity contribution in [2.24, 2.45) is 0 Å². The van der Waals surface area contributed by atoms with E-state index in [1.165, 1.54) is 12.8 Å². The fourth-order valence-corrected chi connectivity index (χ4v) is 1.79. The van der Waals surface area contributed by atoms with Crippen LogP contribution in [0.15, 0.2) is 12.7 Å². The van der Waals surface area contributed by atoms with Gasteiger partial charge in [0.2, 0.25) is 0 Å². The Kier molecular flexibility index (Phi) is 5.09. The summed E-state index contributed by atoms with van der Waals surface area (Å²) in [5.41, 5.74) is 0. The van der Waals surface area contributed by atoms with Crippen molar-refractivity contribution in [3.8, 4) is 0 Å². The van der Waals surface area contributed by atoms with Gasteiger partial charge in [-0.05, 0) is 32.6 Å². The molecule has 0 amide bonds. The second-order valence-corrected chi connectivity index (χ2v) is 3.83. The van der Waals surface area contributed by atoms with Crippen molar-refractivity contribution in [2.75, 3.05) is 13.2 Å². The van der Waals surface area contributed by atoms with E-state index in [0.29, 0.717) is 12.1 Å². The van der Waals surface area contributed by atoms with Crippen LogP contribution < -0.4 is 5.32 Å². The van der Waals surface area contributed by atoms with Gasteiger partial charge in [0, 0.05) is 25.3 Å². The summed E-state index contributed by atoms with van der Waals surface area (Å²) >= 11 is 0. The van der Waals surface area contributed by atoms with Crippen molar-refractivity contribution in [3.05, 3.63) is 12.7 Å². The highest BCUT2D eigenvalue weighted by molar-refractivity contribution is 4.79. The molecule has 0 aromatic rings. The molecule has 1 heterocycles. The molecule has 0 radical (unpaired) electrons. The van der Waals surface area contributed by atoms with Gasteiger partial charge >= 0.3 is 0 Å².